The number of rotatable bonds is 1. The molecule has 0 amide bonds. The summed E-state index contributed by atoms with van der Waals surface area (Å²) >= 11 is 5.32. The van der Waals surface area contributed by atoms with E-state index in [0.717, 1.165) is 12.1 Å². The first-order valence-corrected chi connectivity index (χ1v) is 4.77. The molecule has 16 heavy (non-hydrogen) atoms. The molecular formula is C10H9ClF3NO. The van der Waals surface area contributed by atoms with Crippen LogP contribution in [0.25, 0.3) is 0 Å². The van der Waals surface area contributed by atoms with Gasteiger partial charge < -0.3 is 0 Å². The molecule has 0 radical (unpaired) electrons. The molecular weight excluding hydrogens is 243 g/mol. The van der Waals surface area contributed by atoms with Gasteiger partial charge in [0.25, 0.3) is 0 Å². The number of aliphatic imine (C=N–C) groups is 1. The second kappa shape index (κ2) is 6.30. The zero-order valence-corrected chi connectivity index (χ0v) is 9.36. The summed E-state index contributed by atoms with van der Waals surface area (Å²) in [6, 6.07) is 2.91. The largest absolute Gasteiger partial charge is 0.417 e. The van der Waals surface area contributed by atoms with E-state index in [9.17, 15) is 18.0 Å². The molecule has 1 aromatic rings. The van der Waals surface area contributed by atoms with E-state index in [-0.39, 0.29) is 5.69 Å². The lowest BCUT2D eigenvalue weighted by Gasteiger charge is -2.08. The van der Waals surface area contributed by atoms with Crippen LogP contribution in [0.15, 0.2) is 23.2 Å². The molecule has 0 saturated carbocycles. The van der Waals surface area contributed by atoms with Gasteiger partial charge in [-0.25, -0.2) is 4.79 Å². The maximum absolute atomic E-state index is 12.2. The van der Waals surface area contributed by atoms with Crippen LogP contribution in [-0.2, 0) is 11.0 Å². The molecule has 0 saturated heterocycles. The van der Waals surface area contributed by atoms with Gasteiger partial charge in [0.15, 0.2) is 0 Å². The molecule has 0 N–H and O–H groups in total. The van der Waals surface area contributed by atoms with E-state index in [1.165, 1.54) is 6.07 Å². The topological polar surface area (TPSA) is 29.4 Å². The van der Waals surface area contributed by atoms with Crippen LogP contribution >= 0.6 is 11.6 Å². The highest BCUT2D eigenvalue weighted by Gasteiger charge is 2.33. The molecule has 0 fully saturated rings. The first-order valence-electron chi connectivity index (χ1n) is 4.40. The third kappa shape index (κ3) is 4.04. The van der Waals surface area contributed by atoms with Crippen LogP contribution in [0.3, 0.4) is 0 Å². The van der Waals surface area contributed by atoms with Crippen molar-refractivity contribution in [1.82, 2.24) is 0 Å². The molecule has 2 nitrogen and oxygen atoms in total. The van der Waals surface area contributed by atoms with Crippen molar-refractivity contribution in [2.45, 2.75) is 20.0 Å². The molecule has 0 atom stereocenters. The van der Waals surface area contributed by atoms with Gasteiger partial charge in [-0.05, 0) is 18.2 Å². The molecule has 88 valence electrons. The van der Waals surface area contributed by atoms with Crippen LogP contribution in [0, 0.1) is 0 Å². The first-order chi connectivity index (χ1) is 7.45. The third-order valence-electron chi connectivity index (χ3n) is 1.43. The van der Waals surface area contributed by atoms with Crippen molar-refractivity contribution in [3.05, 3.63) is 28.8 Å². The summed E-state index contributed by atoms with van der Waals surface area (Å²) in [6.07, 6.45) is -3.40. The van der Waals surface area contributed by atoms with Gasteiger partial charge in [-0.1, -0.05) is 25.4 Å². The van der Waals surface area contributed by atoms with Crippen LogP contribution in [-0.4, -0.2) is 6.08 Å². The lowest BCUT2D eigenvalue weighted by molar-refractivity contribution is -0.137. The summed E-state index contributed by atoms with van der Waals surface area (Å²) in [4.78, 5) is 12.9. The number of halogens is 4. The highest BCUT2D eigenvalue weighted by molar-refractivity contribution is 6.31. The number of carbonyl (C=O) groups excluding carboxylic acids is 1. The van der Waals surface area contributed by atoms with Crippen LogP contribution in [0.4, 0.5) is 18.9 Å². The van der Waals surface area contributed by atoms with E-state index in [1.54, 1.807) is 0 Å². The van der Waals surface area contributed by atoms with Crippen molar-refractivity contribution >= 4 is 23.4 Å². The monoisotopic (exact) mass is 251 g/mol. The average molecular weight is 252 g/mol. The molecule has 0 unspecified atom stereocenters. The number of alkyl halides is 3. The van der Waals surface area contributed by atoms with Crippen molar-refractivity contribution in [1.29, 1.82) is 0 Å². The van der Waals surface area contributed by atoms with Gasteiger partial charge in [0, 0.05) is 0 Å². The van der Waals surface area contributed by atoms with Gasteiger partial charge in [0.1, 0.15) is 0 Å². The number of hydrogen-bond donors (Lipinski definition) is 0. The van der Waals surface area contributed by atoms with Crippen LogP contribution in [0.5, 0.6) is 0 Å². The predicted octanol–water partition coefficient (Wildman–Crippen LogP) is 4.35. The smallest absolute Gasteiger partial charge is 0.211 e. The van der Waals surface area contributed by atoms with Gasteiger partial charge in [-0.2, -0.15) is 18.2 Å². The minimum Gasteiger partial charge on any atom is -0.211 e. The second-order valence-electron chi connectivity index (χ2n) is 2.36. The molecule has 0 aliphatic heterocycles. The minimum absolute atomic E-state index is 0.128. The molecule has 1 aromatic carbocycles. The summed E-state index contributed by atoms with van der Waals surface area (Å²) in [6.45, 7) is 4.00. The number of isocyanates is 1. The Labute approximate surface area is 95.8 Å². The summed E-state index contributed by atoms with van der Waals surface area (Å²) in [5.41, 5.74) is -1.15. The van der Waals surface area contributed by atoms with Crippen molar-refractivity contribution in [2.75, 3.05) is 0 Å². The Hall–Kier alpha value is -1.32. The van der Waals surface area contributed by atoms with E-state index in [1.807, 2.05) is 13.8 Å². The Morgan fingerprint density at radius 3 is 2.31 bits per heavy atom. The zero-order chi connectivity index (χ0) is 12.8. The average Bonchev–Trinajstić information content (AvgIpc) is 2.23. The maximum Gasteiger partial charge on any atom is 0.417 e. The Kier molecular flexibility index (Phi) is 5.78. The number of nitrogens with zero attached hydrogens (tertiary/aromatic N) is 1. The molecule has 0 aromatic heterocycles. The molecule has 0 spiro atoms. The van der Waals surface area contributed by atoms with Gasteiger partial charge >= 0.3 is 6.18 Å². The molecule has 0 aliphatic rings. The lowest BCUT2D eigenvalue weighted by Crippen LogP contribution is -2.05. The van der Waals surface area contributed by atoms with Crippen LogP contribution in [0.1, 0.15) is 19.4 Å². The SMILES string of the molecule is CC.O=C=Nc1ccc(Cl)c(C(F)(F)F)c1. The molecule has 0 aliphatic carbocycles. The Bertz CT molecular complexity index is 398. The zero-order valence-electron chi connectivity index (χ0n) is 8.60. The molecule has 1 rings (SSSR count). The first kappa shape index (κ1) is 14.7. The Morgan fingerprint density at radius 1 is 1.31 bits per heavy atom. The van der Waals surface area contributed by atoms with E-state index < -0.39 is 16.8 Å². The Balaban J connectivity index is 0.00000106. The van der Waals surface area contributed by atoms with Crippen molar-refractivity contribution < 1.29 is 18.0 Å². The van der Waals surface area contributed by atoms with E-state index in [0.29, 0.717) is 6.07 Å². The van der Waals surface area contributed by atoms with Gasteiger partial charge in [-0.15, -0.1) is 0 Å². The fraction of sp³-hybridized carbons (Fsp3) is 0.300. The van der Waals surface area contributed by atoms with Gasteiger partial charge in [-0.3, -0.25) is 0 Å². The summed E-state index contributed by atoms with van der Waals surface area (Å²) in [5, 5.41) is -0.428. The fourth-order valence-electron chi connectivity index (χ4n) is 0.853. The fourth-order valence-corrected chi connectivity index (χ4v) is 1.08. The Morgan fingerprint density at radius 2 is 1.88 bits per heavy atom. The predicted molar refractivity (Wildman–Crippen MR) is 55.6 cm³/mol. The standard InChI is InChI=1S/C8H3ClF3NO.C2H6/c9-7-2-1-5(13-4-14)3-6(7)8(10,11)12;1-2/h1-3H;1-2H3. The van der Waals surface area contributed by atoms with Crippen LogP contribution < -0.4 is 0 Å². The summed E-state index contributed by atoms with van der Waals surface area (Å²) < 4.78 is 36.7. The molecule has 0 heterocycles. The highest BCUT2D eigenvalue weighted by atomic mass is 35.5. The quantitative estimate of drug-likeness (QED) is 0.539. The van der Waals surface area contributed by atoms with Crippen molar-refractivity contribution in [2.24, 2.45) is 4.99 Å². The van der Waals surface area contributed by atoms with Gasteiger partial charge in [0.2, 0.25) is 6.08 Å². The summed E-state index contributed by atoms with van der Waals surface area (Å²) in [5.74, 6) is 0. The molecule has 0 bridgehead atoms. The van der Waals surface area contributed by atoms with Crippen molar-refractivity contribution in [3.8, 4) is 0 Å². The van der Waals surface area contributed by atoms with Crippen LogP contribution in [0.2, 0.25) is 5.02 Å². The van der Waals surface area contributed by atoms with E-state index in [4.69, 9.17) is 11.6 Å². The third-order valence-corrected chi connectivity index (χ3v) is 1.76. The summed E-state index contributed by atoms with van der Waals surface area (Å²) in [7, 11) is 0. The number of benzene rings is 1. The van der Waals surface area contributed by atoms with E-state index >= 15 is 0 Å². The molecule has 6 heteroatoms. The minimum atomic E-state index is -4.55. The number of hydrogen-bond acceptors (Lipinski definition) is 2. The maximum atomic E-state index is 12.2. The normalized spacial score (nSPS) is 9.88. The van der Waals surface area contributed by atoms with Crippen molar-refractivity contribution in [3.63, 3.8) is 0 Å². The lowest BCUT2D eigenvalue weighted by atomic mass is 10.2. The highest BCUT2D eigenvalue weighted by Crippen LogP contribution is 2.36. The van der Waals surface area contributed by atoms with Gasteiger partial charge in [0.05, 0.1) is 16.3 Å². The second-order valence-corrected chi connectivity index (χ2v) is 2.77. The van der Waals surface area contributed by atoms with E-state index in [2.05, 4.69) is 4.99 Å².